The van der Waals surface area contributed by atoms with Gasteiger partial charge in [0.25, 0.3) is 0 Å². The lowest BCUT2D eigenvalue weighted by atomic mass is 9.70. The Morgan fingerprint density at radius 2 is 2.06 bits per heavy atom. The van der Waals surface area contributed by atoms with Gasteiger partial charge in [0.05, 0.1) is 6.10 Å². The summed E-state index contributed by atoms with van der Waals surface area (Å²) in [7, 11) is 0. The minimum Gasteiger partial charge on any atom is -0.392 e. The summed E-state index contributed by atoms with van der Waals surface area (Å²) in [6, 6.07) is 0. The van der Waals surface area contributed by atoms with E-state index in [9.17, 15) is 9.90 Å². The van der Waals surface area contributed by atoms with Gasteiger partial charge in [0.2, 0.25) is 0 Å². The van der Waals surface area contributed by atoms with Crippen LogP contribution in [0, 0.1) is 22.7 Å². The molecule has 0 aromatic rings. The maximum atomic E-state index is 12.5. The molecule has 2 aliphatic carbocycles. The average Bonchev–Trinajstić information content (AvgIpc) is 2.50. The molecule has 2 nitrogen and oxygen atoms in total. The first-order valence-corrected chi connectivity index (χ1v) is 6.58. The van der Waals surface area contributed by atoms with Crippen LogP contribution in [0.1, 0.15) is 53.4 Å². The molecule has 4 atom stereocenters. The number of aliphatic hydroxyl groups is 1. The molecule has 2 aliphatic rings. The second-order valence-corrected chi connectivity index (χ2v) is 6.45. The standard InChI is InChI=1S/C14H24O2/c1-5-6-10(15)11-9-7-8-14(4,12(11)16)13(9,2)3/h9-11,15H,5-8H2,1-4H3/t9-,10-,11-,14+/m1/s1. The largest absolute Gasteiger partial charge is 0.392 e. The van der Waals surface area contributed by atoms with E-state index in [1.54, 1.807) is 0 Å². The normalized spacial score (nSPS) is 42.7. The van der Waals surface area contributed by atoms with E-state index in [-0.39, 0.29) is 16.7 Å². The fraction of sp³-hybridized carbons (Fsp3) is 0.929. The highest BCUT2D eigenvalue weighted by Gasteiger charge is 2.67. The van der Waals surface area contributed by atoms with E-state index < -0.39 is 6.10 Å². The van der Waals surface area contributed by atoms with E-state index in [2.05, 4.69) is 27.7 Å². The number of carbonyl (C=O) groups is 1. The van der Waals surface area contributed by atoms with Gasteiger partial charge in [-0.3, -0.25) is 4.79 Å². The number of Topliss-reactive ketones (excluding diaryl/α,β-unsaturated/α-hetero) is 1. The fourth-order valence-corrected chi connectivity index (χ4v) is 4.07. The average molecular weight is 224 g/mol. The van der Waals surface area contributed by atoms with E-state index in [4.69, 9.17) is 0 Å². The quantitative estimate of drug-likeness (QED) is 0.800. The molecule has 0 saturated heterocycles. The smallest absolute Gasteiger partial charge is 0.145 e. The minimum absolute atomic E-state index is 0.0729. The molecular formula is C14H24O2. The summed E-state index contributed by atoms with van der Waals surface area (Å²) < 4.78 is 0. The highest BCUT2D eigenvalue weighted by Crippen LogP contribution is 2.66. The van der Waals surface area contributed by atoms with Gasteiger partial charge < -0.3 is 5.11 Å². The topological polar surface area (TPSA) is 37.3 Å². The Kier molecular flexibility index (Phi) is 2.69. The summed E-state index contributed by atoms with van der Waals surface area (Å²) in [6.45, 7) is 8.59. The van der Waals surface area contributed by atoms with Crippen LogP contribution in [0.25, 0.3) is 0 Å². The van der Waals surface area contributed by atoms with Crippen LogP contribution in [0.5, 0.6) is 0 Å². The molecule has 2 rings (SSSR count). The Bertz CT molecular complexity index is 308. The summed E-state index contributed by atoms with van der Waals surface area (Å²) in [6.07, 6.45) is 3.43. The van der Waals surface area contributed by atoms with Crippen LogP contribution in [0.15, 0.2) is 0 Å². The molecule has 16 heavy (non-hydrogen) atoms. The highest BCUT2D eigenvalue weighted by atomic mass is 16.3. The van der Waals surface area contributed by atoms with Gasteiger partial charge in [-0.1, -0.05) is 34.1 Å². The van der Waals surface area contributed by atoms with Crippen molar-refractivity contribution in [2.75, 3.05) is 0 Å². The van der Waals surface area contributed by atoms with Gasteiger partial charge in [-0.2, -0.15) is 0 Å². The molecule has 0 aromatic heterocycles. The van der Waals surface area contributed by atoms with E-state index >= 15 is 0 Å². The minimum atomic E-state index is -0.413. The third-order valence-electron chi connectivity index (χ3n) is 5.58. The highest BCUT2D eigenvalue weighted by molar-refractivity contribution is 5.92. The van der Waals surface area contributed by atoms with Gasteiger partial charge in [-0.05, 0) is 30.6 Å². The van der Waals surface area contributed by atoms with Crippen LogP contribution in [0.4, 0.5) is 0 Å². The maximum absolute atomic E-state index is 12.5. The molecular weight excluding hydrogens is 200 g/mol. The van der Waals surface area contributed by atoms with E-state index in [1.807, 2.05) is 0 Å². The lowest BCUT2D eigenvalue weighted by Gasteiger charge is -2.32. The van der Waals surface area contributed by atoms with Crippen molar-refractivity contribution >= 4 is 5.78 Å². The summed E-state index contributed by atoms with van der Waals surface area (Å²) >= 11 is 0. The van der Waals surface area contributed by atoms with Crippen molar-refractivity contribution in [1.29, 1.82) is 0 Å². The van der Waals surface area contributed by atoms with Crippen molar-refractivity contribution in [2.24, 2.45) is 22.7 Å². The molecule has 2 saturated carbocycles. The number of fused-ring (bicyclic) bond motifs is 2. The number of aliphatic hydroxyl groups excluding tert-OH is 1. The molecule has 2 fully saturated rings. The summed E-state index contributed by atoms with van der Waals surface area (Å²) in [4.78, 5) is 12.5. The lowest BCUT2D eigenvalue weighted by Crippen LogP contribution is -2.37. The van der Waals surface area contributed by atoms with Crippen molar-refractivity contribution < 1.29 is 9.90 Å². The first kappa shape index (κ1) is 12.1. The van der Waals surface area contributed by atoms with Crippen molar-refractivity contribution in [3.05, 3.63) is 0 Å². The molecule has 0 spiro atoms. The second-order valence-electron chi connectivity index (χ2n) is 6.45. The zero-order chi connectivity index (χ0) is 12.1. The Hall–Kier alpha value is -0.370. The van der Waals surface area contributed by atoms with Crippen LogP contribution < -0.4 is 0 Å². The summed E-state index contributed by atoms with van der Waals surface area (Å²) in [5, 5.41) is 10.2. The molecule has 0 aromatic carbocycles. The first-order chi connectivity index (χ1) is 7.36. The molecule has 1 N–H and O–H groups in total. The number of carbonyl (C=O) groups excluding carboxylic acids is 1. The molecule has 2 bridgehead atoms. The zero-order valence-electron chi connectivity index (χ0n) is 10.9. The Labute approximate surface area is 98.4 Å². The SMILES string of the molecule is CCC[C@@H](O)[C@@H]1C(=O)[C@]2(C)CC[C@H]1C2(C)C. The monoisotopic (exact) mass is 224 g/mol. The Morgan fingerprint density at radius 1 is 1.44 bits per heavy atom. The number of hydrogen-bond acceptors (Lipinski definition) is 2. The maximum Gasteiger partial charge on any atom is 0.145 e. The first-order valence-electron chi connectivity index (χ1n) is 6.58. The summed E-state index contributed by atoms with van der Waals surface area (Å²) in [5.41, 5.74) is -0.111. The van der Waals surface area contributed by atoms with Gasteiger partial charge in [-0.25, -0.2) is 0 Å². The number of hydrogen-bond donors (Lipinski definition) is 1. The predicted molar refractivity (Wildman–Crippen MR) is 64.0 cm³/mol. The van der Waals surface area contributed by atoms with Gasteiger partial charge in [-0.15, -0.1) is 0 Å². The van der Waals surface area contributed by atoms with E-state index in [0.717, 1.165) is 25.7 Å². The molecule has 92 valence electrons. The predicted octanol–water partition coefficient (Wildman–Crippen LogP) is 2.79. The van der Waals surface area contributed by atoms with Crippen LogP contribution in [-0.4, -0.2) is 17.0 Å². The van der Waals surface area contributed by atoms with Crippen LogP contribution in [0.3, 0.4) is 0 Å². The van der Waals surface area contributed by atoms with Crippen molar-refractivity contribution in [3.63, 3.8) is 0 Å². The van der Waals surface area contributed by atoms with Gasteiger partial charge >= 0.3 is 0 Å². The van der Waals surface area contributed by atoms with E-state index in [0.29, 0.717) is 11.7 Å². The zero-order valence-corrected chi connectivity index (χ0v) is 10.9. The molecule has 0 heterocycles. The molecule has 0 unspecified atom stereocenters. The van der Waals surface area contributed by atoms with Crippen LogP contribution in [0.2, 0.25) is 0 Å². The van der Waals surface area contributed by atoms with Gasteiger partial charge in [0.15, 0.2) is 0 Å². The van der Waals surface area contributed by atoms with Gasteiger partial charge in [0, 0.05) is 11.3 Å². The Balaban J connectivity index is 2.29. The molecule has 0 radical (unpaired) electrons. The van der Waals surface area contributed by atoms with Crippen molar-refractivity contribution in [2.45, 2.75) is 59.5 Å². The third-order valence-corrected chi connectivity index (χ3v) is 5.58. The number of ketones is 1. The van der Waals surface area contributed by atoms with E-state index in [1.165, 1.54) is 0 Å². The van der Waals surface area contributed by atoms with Crippen molar-refractivity contribution in [3.8, 4) is 0 Å². The fourth-order valence-electron chi connectivity index (χ4n) is 4.07. The molecule has 2 heteroatoms. The van der Waals surface area contributed by atoms with Gasteiger partial charge in [0.1, 0.15) is 5.78 Å². The lowest BCUT2D eigenvalue weighted by molar-refractivity contribution is -0.135. The molecule has 0 amide bonds. The molecule has 0 aliphatic heterocycles. The third kappa shape index (κ3) is 1.25. The van der Waals surface area contributed by atoms with Crippen LogP contribution in [-0.2, 0) is 4.79 Å². The second kappa shape index (κ2) is 3.56. The number of rotatable bonds is 3. The van der Waals surface area contributed by atoms with Crippen molar-refractivity contribution in [1.82, 2.24) is 0 Å². The Morgan fingerprint density at radius 3 is 2.50 bits per heavy atom. The van der Waals surface area contributed by atoms with Crippen LogP contribution >= 0.6 is 0 Å². The summed E-state index contributed by atoms with van der Waals surface area (Å²) in [5.74, 6) is 0.634.